The van der Waals surface area contributed by atoms with Gasteiger partial charge in [0, 0.05) is 26.2 Å². The molecule has 25 heavy (non-hydrogen) atoms. The summed E-state index contributed by atoms with van der Waals surface area (Å²) in [5.41, 5.74) is 3.83. The van der Waals surface area contributed by atoms with Crippen LogP contribution in [0.1, 0.15) is 19.4 Å². The Kier molecular flexibility index (Phi) is 8.65. The summed E-state index contributed by atoms with van der Waals surface area (Å²) in [4.78, 5) is 2.35. The number of hydrogen-bond acceptors (Lipinski definition) is 5. The molecule has 1 aromatic carbocycles. The number of nitrogens with zero attached hydrogens (tertiary/aromatic N) is 2. The molecule has 0 spiro atoms. The van der Waals surface area contributed by atoms with Crippen molar-refractivity contribution in [1.29, 1.82) is 0 Å². The standard InChI is InChI=1S/C18H28N4O2S/c1-15(2)14-24-17-5-3-16(4-6-17)13-20-21-18(25)19-7-8-22-9-11-23-12-10-22/h3-6,13,15H,7-12,14H2,1-2H3,(H2,19,21,25)/b20-13+. The maximum absolute atomic E-state index is 5.66. The normalized spacial score (nSPS) is 15.5. The Hall–Kier alpha value is -1.70. The zero-order valence-electron chi connectivity index (χ0n) is 15.0. The second-order valence-electron chi connectivity index (χ2n) is 6.35. The van der Waals surface area contributed by atoms with Crippen LogP contribution in [0.15, 0.2) is 29.4 Å². The van der Waals surface area contributed by atoms with E-state index in [1.807, 2.05) is 24.3 Å². The summed E-state index contributed by atoms with van der Waals surface area (Å²) in [6, 6.07) is 7.83. The van der Waals surface area contributed by atoms with Crippen molar-refractivity contribution >= 4 is 23.5 Å². The third-order valence-corrected chi connectivity index (χ3v) is 3.90. The second-order valence-corrected chi connectivity index (χ2v) is 6.76. The maximum atomic E-state index is 5.66. The molecular formula is C18H28N4O2S. The molecule has 6 nitrogen and oxygen atoms in total. The number of hydrazone groups is 1. The molecule has 0 radical (unpaired) electrons. The molecule has 7 heteroatoms. The number of benzene rings is 1. The van der Waals surface area contributed by atoms with E-state index in [0.717, 1.165) is 57.3 Å². The SMILES string of the molecule is CC(C)COc1ccc(/C=N/NC(=S)NCCN2CCOCC2)cc1. The lowest BCUT2D eigenvalue weighted by atomic mass is 10.2. The van der Waals surface area contributed by atoms with Crippen LogP contribution >= 0.6 is 12.2 Å². The van der Waals surface area contributed by atoms with Gasteiger partial charge >= 0.3 is 0 Å². The Bertz CT molecular complexity index is 543. The van der Waals surface area contributed by atoms with E-state index in [4.69, 9.17) is 21.7 Å². The second kappa shape index (κ2) is 11.0. The first kappa shape index (κ1) is 19.6. The van der Waals surface area contributed by atoms with Gasteiger partial charge in [0.2, 0.25) is 0 Å². The zero-order chi connectivity index (χ0) is 17.9. The number of thiocarbonyl (C=S) groups is 1. The van der Waals surface area contributed by atoms with Gasteiger partial charge in [-0.05, 0) is 48.0 Å². The van der Waals surface area contributed by atoms with Gasteiger partial charge in [-0.25, -0.2) is 0 Å². The van der Waals surface area contributed by atoms with Crippen LogP contribution in [0.5, 0.6) is 5.75 Å². The lowest BCUT2D eigenvalue weighted by Crippen LogP contribution is -2.42. The smallest absolute Gasteiger partial charge is 0.187 e. The molecule has 1 aliphatic heterocycles. The predicted octanol–water partition coefficient (Wildman–Crippen LogP) is 1.85. The van der Waals surface area contributed by atoms with Gasteiger partial charge in [-0.3, -0.25) is 10.3 Å². The predicted molar refractivity (Wildman–Crippen MR) is 105 cm³/mol. The Morgan fingerprint density at radius 3 is 2.72 bits per heavy atom. The minimum atomic E-state index is 0.516. The summed E-state index contributed by atoms with van der Waals surface area (Å²) in [5.74, 6) is 1.39. The van der Waals surface area contributed by atoms with Crippen LogP contribution < -0.4 is 15.5 Å². The third kappa shape index (κ3) is 8.29. The third-order valence-electron chi connectivity index (χ3n) is 3.66. The van der Waals surface area contributed by atoms with Crippen molar-refractivity contribution in [2.45, 2.75) is 13.8 Å². The molecule has 2 N–H and O–H groups in total. The summed E-state index contributed by atoms with van der Waals surface area (Å²) in [6.45, 7) is 10.3. The number of rotatable bonds is 8. The summed E-state index contributed by atoms with van der Waals surface area (Å²) < 4.78 is 11.0. The summed E-state index contributed by atoms with van der Waals surface area (Å²) in [6.07, 6.45) is 1.74. The molecule has 0 saturated carbocycles. The number of morpholine rings is 1. The fourth-order valence-corrected chi connectivity index (χ4v) is 2.43. The molecule has 0 bridgehead atoms. The number of hydrogen-bond donors (Lipinski definition) is 2. The van der Waals surface area contributed by atoms with E-state index >= 15 is 0 Å². The minimum Gasteiger partial charge on any atom is -0.493 e. The van der Waals surface area contributed by atoms with Crippen molar-refractivity contribution in [3.05, 3.63) is 29.8 Å². The van der Waals surface area contributed by atoms with Gasteiger partial charge in [0.05, 0.1) is 26.0 Å². The molecule has 2 rings (SSSR count). The monoisotopic (exact) mass is 364 g/mol. The topological polar surface area (TPSA) is 58.1 Å². The highest BCUT2D eigenvalue weighted by Crippen LogP contribution is 2.12. The molecule has 1 aliphatic rings. The van der Waals surface area contributed by atoms with Crippen molar-refractivity contribution in [1.82, 2.24) is 15.6 Å². The molecule has 0 amide bonds. The van der Waals surface area contributed by atoms with Crippen LogP contribution in [0, 0.1) is 5.92 Å². The maximum Gasteiger partial charge on any atom is 0.187 e. The van der Waals surface area contributed by atoms with Crippen LogP contribution in [0.3, 0.4) is 0 Å². The molecule has 0 atom stereocenters. The summed E-state index contributed by atoms with van der Waals surface area (Å²) in [5, 5.41) is 7.84. The van der Waals surface area contributed by atoms with Crippen molar-refractivity contribution in [3.8, 4) is 5.75 Å². The van der Waals surface area contributed by atoms with Crippen LogP contribution in [0.2, 0.25) is 0 Å². The fraction of sp³-hybridized carbons (Fsp3) is 0.556. The number of ether oxygens (including phenoxy) is 2. The number of nitrogens with one attached hydrogen (secondary N) is 2. The van der Waals surface area contributed by atoms with Gasteiger partial charge in [0.1, 0.15) is 5.75 Å². The molecule has 138 valence electrons. The zero-order valence-corrected chi connectivity index (χ0v) is 15.8. The lowest BCUT2D eigenvalue weighted by molar-refractivity contribution is 0.0389. The van der Waals surface area contributed by atoms with E-state index in [1.165, 1.54) is 0 Å². The van der Waals surface area contributed by atoms with Crippen molar-refractivity contribution < 1.29 is 9.47 Å². The van der Waals surface area contributed by atoms with E-state index in [9.17, 15) is 0 Å². The first-order valence-electron chi connectivity index (χ1n) is 8.73. The quantitative estimate of drug-likeness (QED) is 0.417. The van der Waals surface area contributed by atoms with Crippen molar-refractivity contribution in [2.75, 3.05) is 46.0 Å². The first-order valence-corrected chi connectivity index (χ1v) is 9.14. The van der Waals surface area contributed by atoms with Crippen molar-refractivity contribution in [3.63, 3.8) is 0 Å². The minimum absolute atomic E-state index is 0.516. The van der Waals surface area contributed by atoms with E-state index in [-0.39, 0.29) is 0 Å². The van der Waals surface area contributed by atoms with Gasteiger partial charge in [0.25, 0.3) is 0 Å². The largest absolute Gasteiger partial charge is 0.493 e. The molecule has 1 aromatic rings. The molecule has 1 heterocycles. The van der Waals surface area contributed by atoms with Crippen molar-refractivity contribution in [2.24, 2.45) is 11.0 Å². The highest BCUT2D eigenvalue weighted by Gasteiger charge is 2.09. The van der Waals surface area contributed by atoms with E-state index in [2.05, 4.69) is 34.6 Å². The molecule has 1 fully saturated rings. The molecule has 1 saturated heterocycles. The highest BCUT2D eigenvalue weighted by atomic mass is 32.1. The summed E-state index contributed by atoms with van der Waals surface area (Å²) in [7, 11) is 0. The van der Waals surface area contributed by atoms with Crippen LogP contribution in [0.4, 0.5) is 0 Å². The molecular weight excluding hydrogens is 336 g/mol. The van der Waals surface area contributed by atoms with Gasteiger partial charge in [-0.1, -0.05) is 13.8 Å². The van der Waals surface area contributed by atoms with Gasteiger partial charge in [-0.2, -0.15) is 5.10 Å². The Labute approximate surface area is 155 Å². The molecule has 0 aliphatic carbocycles. The average molecular weight is 365 g/mol. The Balaban J connectivity index is 1.63. The average Bonchev–Trinajstić information content (AvgIpc) is 2.62. The van der Waals surface area contributed by atoms with Crippen LogP contribution in [-0.2, 0) is 4.74 Å². The van der Waals surface area contributed by atoms with Crippen LogP contribution in [-0.4, -0.2) is 62.2 Å². The Morgan fingerprint density at radius 1 is 1.32 bits per heavy atom. The van der Waals surface area contributed by atoms with Gasteiger partial charge in [0.15, 0.2) is 5.11 Å². The van der Waals surface area contributed by atoms with E-state index in [0.29, 0.717) is 11.0 Å². The fourth-order valence-electron chi connectivity index (χ4n) is 2.27. The van der Waals surface area contributed by atoms with Gasteiger partial charge in [-0.15, -0.1) is 0 Å². The van der Waals surface area contributed by atoms with Crippen LogP contribution in [0.25, 0.3) is 0 Å². The van der Waals surface area contributed by atoms with Gasteiger partial charge < -0.3 is 14.8 Å². The molecule has 0 unspecified atom stereocenters. The first-order chi connectivity index (χ1) is 12.1. The van der Waals surface area contributed by atoms with E-state index in [1.54, 1.807) is 6.21 Å². The molecule has 0 aromatic heterocycles. The summed E-state index contributed by atoms with van der Waals surface area (Å²) >= 11 is 5.22. The highest BCUT2D eigenvalue weighted by molar-refractivity contribution is 7.80. The Morgan fingerprint density at radius 2 is 2.04 bits per heavy atom. The van der Waals surface area contributed by atoms with E-state index < -0.39 is 0 Å². The lowest BCUT2D eigenvalue weighted by Gasteiger charge is -2.26.